The van der Waals surface area contributed by atoms with Gasteiger partial charge < -0.3 is 30.4 Å². The Balaban J connectivity index is 1.82. The molecule has 0 bridgehead atoms. The van der Waals surface area contributed by atoms with Gasteiger partial charge in [-0.15, -0.1) is 0 Å². The van der Waals surface area contributed by atoms with Gasteiger partial charge in [-0.25, -0.2) is 18.6 Å². The second-order valence-electron chi connectivity index (χ2n) is 12.3. The highest BCUT2D eigenvalue weighted by molar-refractivity contribution is 5.86. The zero-order valence-electron chi connectivity index (χ0n) is 26.9. The fraction of sp³-hybridized carbons (Fsp3) is 0.500. The molecule has 0 spiro atoms. The van der Waals surface area contributed by atoms with Gasteiger partial charge in [0.15, 0.2) is 0 Å². The van der Waals surface area contributed by atoms with Gasteiger partial charge in [-0.2, -0.15) is 0 Å². The van der Waals surface area contributed by atoms with Crippen molar-refractivity contribution in [2.45, 2.75) is 104 Å². The Morgan fingerprint density at radius 2 is 1.71 bits per heavy atom. The van der Waals surface area contributed by atoms with Crippen LogP contribution in [0.2, 0.25) is 0 Å². The highest BCUT2D eigenvalue weighted by atomic mass is 19.1. The van der Waals surface area contributed by atoms with Crippen molar-refractivity contribution in [3.05, 3.63) is 89.0 Å². The Hall–Kier alpha value is -3.83. The highest BCUT2D eigenvalue weighted by Gasteiger charge is 2.30. The summed E-state index contributed by atoms with van der Waals surface area (Å²) in [7, 11) is 0. The van der Waals surface area contributed by atoms with Crippen LogP contribution in [-0.4, -0.2) is 57.0 Å². The van der Waals surface area contributed by atoms with Gasteiger partial charge in [0.1, 0.15) is 23.3 Å². The number of nitrogens with one attached hydrogen (secondary N) is 3. The minimum Gasteiger partial charge on any atom is -0.444 e. The lowest BCUT2D eigenvalue weighted by Crippen LogP contribution is -2.56. The molecule has 4 N–H and O–H groups in total. The molecule has 9 nitrogen and oxygen atoms in total. The third-order valence-corrected chi connectivity index (χ3v) is 7.22. The predicted octanol–water partition coefficient (Wildman–Crippen LogP) is 4.84. The van der Waals surface area contributed by atoms with E-state index in [1.807, 2.05) is 22.8 Å². The summed E-state index contributed by atoms with van der Waals surface area (Å²) in [6.07, 6.45) is 4.25. The third kappa shape index (κ3) is 12.2. The van der Waals surface area contributed by atoms with Crippen LogP contribution >= 0.6 is 0 Å². The molecule has 2 aromatic carbocycles. The summed E-state index contributed by atoms with van der Waals surface area (Å²) >= 11 is 0. The number of halogens is 2. The fourth-order valence-corrected chi connectivity index (χ4v) is 4.93. The van der Waals surface area contributed by atoms with E-state index in [1.165, 1.54) is 17.7 Å². The van der Waals surface area contributed by atoms with Gasteiger partial charge in [0.05, 0.1) is 18.5 Å². The zero-order chi connectivity index (χ0) is 33.0. The highest BCUT2D eigenvalue weighted by Crippen LogP contribution is 2.14. The molecule has 0 saturated carbocycles. The molecule has 45 heavy (non-hydrogen) atoms. The smallest absolute Gasteiger partial charge is 0.408 e. The number of hydrogen-bond donors (Lipinski definition) is 4. The van der Waals surface area contributed by atoms with Gasteiger partial charge in [0, 0.05) is 44.0 Å². The number of aryl methyl sites for hydroxylation is 2. The lowest BCUT2D eigenvalue weighted by Gasteiger charge is -2.28. The number of hydrogen-bond acceptors (Lipinski definition) is 6. The van der Waals surface area contributed by atoms with Gasteiger partial charge in [0.25, 0.3) is 0 Å². The largest absolute Gasteiger partial charge is 0.444 e. The summed E-state index contributed by atoms with van der Waals surface area (Å²) in [5.41, 5.74) is 2.43. The van der Waals surface area contributed by atoms with E-state index in [0.717, 1.165) is 36.6 Å². The summed E-state index contributed by atoms with van der Waals surface area (Å²) in [6, 6.07) is 9.14. The van der Waals surface area contributed by atoms with Crippen molar-refractivity contribution in [1.29, 1.82) is 0 Å². The first-order chi connectivity index (χ1) is 21.4. The Kier molecular flexibility index (Phi) is 13.5. The monoisotopic (exact) mass is 627 g/mol. The van der Waals surface area contributed by atoms with Crippen molar-refractivity contribution in [3.8, 4) is 0 Å². The fourth-order valence-electron chi connectivity index (χ4n) is 4.93. The molecule has 0 saturated heterocycles. The van der Waals surface area contributed by atoms with E-state index in [9.17, 15) is 23.5 Å². The number of ether oxygens (including phenoxy) is 1. The van der Waals surface area contributed by atoms with Crippen LogP contribution in [-0.2, 0) is 41.9 Å². The minimum atomic E-state index is -1.13. The van der Waals surface area contributed by atoms with Gasteiger partial charge in [0.2, 0.25) is 5.91 Å². The Morgan fingerprint density at radius 3 is 2.38 bits per heavy atom. The molecule has 1 aromatic heterocycles. The maximum atomic E-state index is 14.1. The standard InChI is InChI=1S/C34H47F2N5O4/c1-6-8-12-41-22-38-20-28(41)18-30(40-33(44)45-34(3,4)5)32(43)39-29(16-25-14-26(35)17-27(36)15-25)31(42)21-37-19-24-11-9-10-23(7-2)13-24/h9-11,13-15,17,20,22,29-31,37,42H,6-8,12,16,18-19,21H2,1-5H3,(H,39,43)(H,40,44)/t29-,30-,31+/m0/s1. The van der Waals surface area contributed by atoms with E-state index >= 15 is 0 Å². The van der Waals surface area contributed by atoms with Crippen LogP contribution in [0.3, 0.4) is 0 Å². The molecular formula is C34H47F2N5O4. The van der Waals surface area contributed by atoms with E-state index in [2.05, 4.69) is 40.8 Å². The lowest BCUT2D eigenvalue weighted by atomic mass is 9.99. The average molecular weight is 628 g/mol. The van der Waals surface area contributed by atoms with Crippen LogP contribution in [0.15, 0.2) is 55.0 Å². The molecule has 1 heterocycles. The molecule has 2 amide bonds. The maximum absolute atomic E-state index is 14.1. The van der Waals surface area contributed by atoms with Crippen molar-refractivity contribution < 1.29 is 28.2 Å². The Morgan fingerprint density at radius 1 is 1.00 bits per heavy atom. The molecule has 0 aliphatic rings. The quantitative estimate of drug-likeness (QED) is 0.181. The minimum absolute atomic E-state index is 0.0534. The molecule has 0 radical (unpaired) electrons. The average Bonchev–Trinajstić information content (AvgIpc) is 3.40. The second-order valence-corrected chi connectivity index (χ2v) is 12.3. The predicted molar refractivity (Wildman–Crippen MR) is 170 cm³/mol. The second kappa shape index (κ2) is 17.0. The lowest BCUT2D eigenvalue weighted by molar-refractivity contribution is -0.124. The topological polar surface area (TPSA) is 118 Å². The van der Waals surface area contributed by atoms with Gasteiger partial charge in [-0.3, -0.25) is 4.79 Å². The van der Waals surface area contributed by atoms with Gasteiger partial charge in [-0.1, -0.05) is 44.5 Å². The van der Waals surface area contributed by atoms with E-state index in [0.29, 0.717) is 13.1 Å². The number of aromatic nitrogens is 2. The molecule has 3 aromatic rings. The zero-order valence-corrected chi connectivity index (χ0v) is 26.9. The van der Waals surface area contributed by atoms with E-state index in [-0.39, 0.29) is 24.9 Å². The van der Waals surface area contributed by atoms with Gasteiger partial charge in [-0.05, 0) is 68.9 Å². The summed E-state index contributed by atoms with van der Waals surface area (Å²) in [6.45, 7) is 10.6. The molecule has 3 rings (SSSR count). The molecule has 0 aliphatic heterocycles. The van der Waals surface area contributed by atoms with Gasteiger partial charge >= 0.3 is 6.09 Å². The SMILES string of the molecule is CCCCn1cncc1C[C@H](NC(=O)OC(C)(C)C)C(=O)N[C@@H](Cc1cc(F)cc(F)c1)[C@H](O)CNCc1cccc(CC)c1. The summed E-state index contributed by atoms with van der Waals surface area (Å²) < 4.78 is 35.5. The summed E-state index contributed by atoms with van der Waals surface area (Å²) in [5, 5.41) is 20.0. The van der Waals surface area contributed by atoms with E-state index < -0.39 is 47.4 Å². The number of alkyl carbamates (subject to hydrolysis) is 1. The first-order valence-electron chi connectivity index (χ1n) is 15.6. The molecular weight excluding hydrogens is 580 g/mol. The first kappa shape index (κ1) is 35.6. The number of amides is 2. The summed E-state index contributed by atoms with van der Waals surface area (Å²) in [4.78, 5) is 30.8. The number of nitrogens with zero attached hydrogens (tertiary/aromatic N) is 2. The van der Waals surface area contributed by atoms with E-state index in [1.54, 1.807) is 33.3 Å². The number of aliphatic hydroxyl groups is 1. The van der Waals surface area contributed by atoms with Crippen molar-refractivity contribution in [2.75, 3.05) is 6.54 Å². The number of aliphatic hydroxyl groups excluding tert-OH is 1. The Bertz CT molecular complexity index is 1370. The van der Waals surface area contributed by atoms with Crippen LogP contribution in [0.25, 0.3) is 0 Å². The molecule has 0 aliphatic carbocycles. The number of imidazole rings is 1. The van der Waals surface area contributed by atoms with Crippen LogP contribution < -0.4 is 16.0 Å². The van der Waals surface area contributed by atoms with Crippen molar-refractivity contribution in [3.63, 3.8) is 0 Å². The molecule has 246 valence electrons. The van der Waals surface area contributed by atoms with E-state index in [4.69, 9.17) is 4.74 Å². The van der Waals surface area contributed by atoms with Crippen molar-refractivity contribution in [1.82, 2.24) is 25.5 Å². The van der Waals surface area contributed by atoms with Crippen LogP contribution in [0.1, 0.15) is 69.8 Å². The third-order valence-electron chi connectivity index (χ3n) is 7.22. The first-order valence-corrected chi connectivity index (χ1v) is 15.6. The number of rotatable bonds is 16. The number of carbonyl (C=O) groups excluding carboxylic acids is 2. The number of carbonyl (C=O) groups is 2. The van der Waals surface area contributed by atoms with Crippen molar-refractivity contribution >= 4 is 12.0 Å². The number of unbranched alkanes of at least 4 members (excludes halogenated alkanes) is 1. The molecule has 0 unspecified atom stereocenters. The van der Waals surface area contributed by atoms with Crippen LogP contribution in [0.5, 0.6) is 0 Å². The summed E-state index contributed by atoms with van der Waals surface area (Å²) in [5.74, 6) is -2.10. The number of benzene rings is 2. The van der Waals surface area contributed by atoms with Crippen molar-refractivity contribution in [2.24, 2.45) is 0 Å². The van der Waals surface area contributed by atoms with Crippen LogP contribution in [0.4, 0.5) is 13.6 Å². The molecule has 3 atom stereocenters. The molecule has 11 heteroatoms. The normalized spacial score (nSPS) is 13.6. The maximum Gasteiger partial charge on any atom is 0.408 e. The van der Waals surface area contributed by atoms with Crippen LogP contribution in [0, 0.1) is 11.6 Å². The Labute approximate surface area is 264 Å². The molecule has 0 fully saturated rings.